The minimum Gasteiger partial charge on any atom is -0.382 e. The van der Waals surface area contributed by atoms with Crippen molar-refractivity contribution < 1.29 is 4.79 Å². The lowest BCUT2D eigenvalue weighted by atomic mass is 9.97. The van der Waals surface area contributed by atoms with Gasteiger partial charge in [0.05, 0.1) is 0 Å². The maximum Gasteiger partial charge on any atom is 0.276 e. The highest BCUT2D eigenvalue weighted by Gasteiger charge is 2.23. The fourth-order valence-corrected chi connectivity index (χ4v) is 3.54. The lowest BCUT2D eigenvalue weighted by Crippen LogP contribution is -2.35. The SMILES string of the molecule is CCc1cccc2c(C3=CCN(C(=O)c4nccnc4N)CC3)c[nH]c12. The first-order chi connectivity index (χ1) is 12.7. The normalized spacial score (nSPS) is 14.5. The standard InChI is InChI=1S/C20H21N5O/c1-2-13-4-3-5-15-16(12-24-17(13)15)14-6-10-25(11-7-14)20(26)18-19(21)23-9-8-22-18/h3-6,8-9,12,24H,2,7,10-11H2,1H3,(H2,21,23). The number of H-pyrrole nitrogens is 1. The molecular weight excluding hydrogens is 326 g/mol. The highest BCUT2D eigenvalue weighted by molar-refractivity contribution is 5.98. The van der Waals surface area contributed by atoms with Crippen LogP contribution in [0.25, 0.3) is 16.5 Å². The number of nitrogens with one attached hydrogen (secondary N) is 1. The van der Waals surface area contributed by atoms with E-state index in [1.807, 2.05) is 0 Å². The van der Waals surface area contributed by atoms with Crippen molar-refractivity contribution in [3.8, 4) is 0 Å². The average Bonchev–Trinajstić information content (AvgIpc) is 3.12. The van der Waals surface area contributed by atoms with Gasteiger partial charge in [-0.25, -0.2) is 9.97 Å². The van der Waals surface area contributed by atoms with Gasteiger partial charge in [-0.15, -0.1) is 0 Å². The van der Waals surface area contributed by atoms with Crippen LogP contribution in [0.15, 0.2) is 42.9 Å². The van der Waals surface area contributed by atoms with Crippen molar-refractivity contribution in [1.82, 2.24) is 19.9 Å². The molecule has 132 valence electrons. The number of benzene rings is 1. The molecule has 6 nitrogen and oxygen atoms in total. The van der Waals surface area contributed by atoms with Crippen LogP contribution in [0.1, 0.15) is 35.0 Å². The number of carbonyl (C=O) groups is 1. The lowest BCUT2D eigenvalue weighted by Gasteiger charge is -2.26. The van der Waals surface area contributed by atoms with Crippen LogP contribution < -0.4 is 5.73 Å². The van der Waals surface area contributed by atoms with Gasteiger partial charge >= 0.3 is 0 Å². The van der Waals surface area contributed by atoms with Crippen LogP contribution in [0.3, 0.4) is 0 Å². The molecule has 6 heteroatoms. The Kier molecular flexibility index (Phi) is 4.16. The second-order valence-corrected chi connectivity index (χ2v) is 6.42. The van der Waals surface area contributed by atoms with Gasteiger partial charge in [0.25, 0.3) is 5.91 Å². The largest absolute Gasteiger partial charge is 0.382 e. The highest BCUT2D eigenvalue weighted by Crippen LogP contribution is 2.31. The second-order valence-electron chi connectivity index (χ2n) is 6.42. The van der Waals surface area contributed by atoms with E-state index in [2.05, 4.69) is 52.3 Å². The van der Waals surface area contributed by atoms with E-state index in [0.29, 0.717) is 13.1 Å². The lowest BCUT2D eigenvalue weighted by molar-refractivity contribution is 0.0768. The summed E-state index contributed by atoms with van der Waals surface area (Å²) in [5.41, 5.74) is 11.0. The molecule has 26 heavy (non-hydrogen) atoms. The Morgan fingerprint density at radius 3 is 2.88 bits per heavy atom. The van der Waals surface area contributed by atoms with Gasteiger partial charge in [-0.3, -0.25) is 4.79 Å². The maximum absolute atomic E-state index is 12.6. The molecule has 0 radical (unpaired) electrons. The van der Waals surface area contributed by atoms with E-state index in [4.69, 9.17) is 5.73 Å². The quantitative estimate of drug-likeness (QED) is 0.762. The molecule has 4 rings (SSSR count). The third-order valence-electron chi connectivity index (χ3n) is 4.95. The fourth-order valence-electron chi connectivity index (χ4n) is 3.54. The number of nitrogen functional groups attached to an aromatic ring is 1. The molecule has 1 amide bonds. The van der Waals surface area contributed by atoms with Crippen molar-refractivity contribution in [1.29, 1.82) is 0 Å². The fraction of sp³-hybridized carbons (Fsp3) is 0.250. The monoisotopic (exact) mass is 347 g/mol. The Balaban J connectivity index is 1.59. The molecule has 0 atom stereocenters. The number of aryl methyl sites for hydroxylation is 1. The molecule has 1 aromatic carbocycles. The molecule has 0 fully saturated rings. The van der Waals surface area contributed by atoms with Crippen molar-refractivity contribution in [3.63, 3.8) is 0 Å². The van der Waals surface area contributed by atoms with Gasteiger partial charge in [-0.1, -0.05) is 31.2 Å². The summed E-state index contributed by atoms with van der Waals surface area (Å²) in [6.07, 6.45) is 8.98. The molecule has 0 spiro atoms. The van der Waals surface area contributed by atoms with Crippen molar-refractivity contribution in [2.45, 2.75) is 19.8 Å². The number of amides is 1. The van der Waals surface area contributed by atoms with Gasteiger partial charge in [0.1, 0.15) is 0 Å². The molecule has 1 aliphatic heterocycles. The summed E-state index contributed by atoms with van der Waals surface area (Å²) in [7, 11) is 0. The van der Waals surface area contributed by atoms with Crippen molar-refractivity contribution >= 4 is 28.2 Å². The number of hydrogen-bond donors (Lipinski definition) is 2. The maximum atomic E-state index is 12.6. The number of nitrogens with zero attached hydrogens (tertiary/aromatic N) is 3. The molecule has 3 aromatic rings. The molecule has 0 aliphatic carbocycles. The Hall–Kier alpha value is -3.15. The van der Waals surface area contributed by atoms with Gasteiger partial charge in [0.2, 0.25) is 0 Å². The highest BCUT2D eigenvalue weighted by atomic mass is 16.2. The number of aromatic amines is 1. The summed E-state index contributed by atoms with van der Waals surface area (Å²) in [6.45, 7) is 3.35. The van der Waals surface area contributed by atoms with Crippen LogP contribution in [0.4, 0.5) is 5.82 Å². The average molecular weight is 347 g/mol. The van der Waals surface area contributed by atoms with E-state index in [1.165, 1.54) is 40.0 Å². The summed E-state index contributed by atoms with van der Waals surface area (Å²) < 4.78 is 0. The molecule has 0 saturated carbocycles. The molecular formula is C20H21N5O. The molecule has 3 heterocycles. The van der Waals surface area contributed by atoms with Crippen LogP contribution in [0.2, 0.25) is 0 Å². The van der Waals surface area contributed by atoms with Gasteiger partial charge in [-0.2, -0.15) is 0 Å². The zero-order valence-corrected chi connectivity index (χ0v) is 14.7. The summed E-state index contributed by atoms with van der Waals surface area (Å²) >= 11 is 0. The zero-order valence-electron chi connectivity index (χ0n) is 14.7. The van der Waals surface area contributed by atoms with E-state index in [1.54, 1.807) is 4.90 Å². The van der Waals surface area contributed by atoms with E-state index in [-0.39, 0.29) is 17.4 Å². The zero-order chi connectivity index (χ0) is 18.1. The molecule has 0 unspecified atom stereocenters. The van der Waals surface area contributed by atoms with E-state index in [0.717, 1.165) is 12.8 Å². The van der Waals surface area contributed by atoms with Crippen molar-refractivity contribution in [3.05, 3.63) is 59.7 Å². The van der Waals surface area contributed by atoms with Gasteiger partial charge < -0.3 is 15.6 Å². The van der Waals surface area contributed by atoms with Gasteiger partial charge in [0, 0.05) is 48.1 Å². The first kappa shape index (κ1) is 16.3. The summed E-state index contributed by atoms with van der Waals surface area (Å²) in [4.78, 5) is 25.8. The predicted molar refractivity (Wildman–Crippen MR) is 103 cm³/mol. The van der Waals surface area contributed by atoms with Crippen LogP contribution in [-0.2, 0) is 6.42 Å². The predicted octanol–water partition coefficient (Wildman–Crippen LogP) is 3.03. The number of fused-ring (bicyclic) bond motifs is 1. The number of anilines is 1. The Labute approximate surface area is 151 Å². The summed E-state index contributed by atoms with van der Waals surface area (Å²) in [6, 6.07) is 6.41. The van der Waals surface area contributed by atoms with Crippen LogP contribution in [-0.4, -0.2) is 38.8 Å². The summed E-state index contributed by atoms with van der Waals surface area (Å²) in [5, 5.41) is 1.24. The van der Waals surface area contributed by atoms with E-state index < -0.39 is 0 Å². The minimum absolute atomic E-state index is 0.168. The number of rotatable bonds is 3. The number of carbonyl (C=O) groups excluding carboxylic acids is 1. The smallest absolute Gasteiger partial charge is 0.276 e. The third kappa shape index (κ3) is 2.73. The molecule has 2 aromatic heterocycles. The topological polar surface area (TPSA) is 87.9 Å². The van der Waals surface area contributed by atoms with Crippen molar-refractivity contribution in [2.75, 3.05) is 18.8 Å². The van der Waals surface area contributed by atoms with E-state index >= 15 is 0 Å². The number of aromatic nitrogens is 3. The van der Waals surface area contributed by atoms with Crippen LogP contribution in [0.5, 0.6) is 0 Å². The number of para-hydroxylation sites is 1. The second kappa shape index (κ2) is 6.63. The molecule has 1 aliphatic rings. The van der Waals surface area contributed by atoms with Crippen LogP contribution in [0, 0.1) is 0 Å². The number of hydrogen-bond acceptors (Lipinski definition) is 4. The Morgan fingerprint density at radius 2 is 2.15 bits per heavy atom. The summed E-state index contributed by atoms with van der Waals surface area (Å²) in [5.74, 6) is 0.00842. The van der Waals surface area contributed by atoms with Gasteiger partial charge in [0.15, 0.2) is 11.5 Å². The number of nitrogens with two attached hydrogens (primary N) is 1. The minimum atomic E-state index is -0.168. The van der Waals surface area contributed by atoms with E-state index in [9.17, 15) is 4.79 Å². The molecule has 0 bridgehead atoms. The third-order valence-corrected chi connectivity index (χ3v) is 4.95. The first-order valence-corrected chi connectivity index (χ1v) is 8.83. The van der Waals surface area contributed by atoms with Gasteiger partial charge in [-0.05, 0) is 24.0 Å². The van der Waals surface area contributed by atoms with Crippen molar-refractivity contribution in [2.24, 2.45) is 0 Å². The van der Waals surface area contributed by atoms with Crippen LogP contribution >= 0.6 is 0 Å². The Bertz CT molecular complexity index is 1000. The molecule has 0 saturated heterocycles. The molecule has 3 N–H and O–H groups in total. The Morgan fingerprint density at radius 1 is 1.31 bits per heavy atom. The first-order valence-electron chi connectivity index (χ1n) is 8.83.